The van der Waals surface area contributed by atoms with Crippen LogP contribution in [0.1, 0.15) is 39.2 Å². The Kier molecular flexibility index (Phi) is 7.44. The van der Waals surface area contributed by atoms with Crippen LogP contribution in [0.4, 0.5) is 0 Å². The maximum atomic E-state index is 12.0. The zero-order valence-electron chi connectivity index (χ0n) is 15.8. The van der Waals surface area contributed by atoms with Gasteiger partial charge in [-0.2, -0.15) is 0 Å². The summed E-state index contributed by atoms with van der Waals surface area (Å²) in [5.74, 6) is 1.71. The van der Waals surface area contributed by atoms with Crippen molar-refractivity contribution in [2.24, 2.45) is 0 Å². The third-order valence-corrected chi connectivity index (χ3v) is 9.25. The topological polar surface area (TPSA) is 66.4 Å². The number of carboxylic acid groups (broad SMARTS) is 1. The van der Waals surface area contributed by atoms with Crippen LogP contribution in [0.25, 0.3) is 0 Å². The Morgan fingerprint density at radius 1 is 1.20 bits per heavy atom. The fraction of sp³-hybridized carbons (Fsp3) is 0.500. The molecule has 0 bridgehead atoms. The molecule has 0 unspecified atom stereocenters. The highest BCUT2D eigenvalue weighted by Crippen LogP contribution is 2.35. The molecular weight excluding hydrogens is 330 g/mol. The van der Waals surface area contributed by atoms with Crippen LogP contribution in [0.2, 0.25) is 18.1 Å². The van der Waals surface area contributed by atoms with Crippen LogP contribution < -0.4 is 5.32 Å². The molecule has 0 spiro atoms. The maximum absolute atomic E-state index is 12.0. The van der Waals surface area contributed by atoms with Gasteiger partial charge in [0.25, 0.3) is 0 Å². The highest BCUT2D eigenvalue weighted by molar-refractivity contribution is 6.87. The molecule has 0 aliphatic carbocycles. The Morgan fingerprint density at radius 2 is 1.80 bits per heavy atom. The Bertz CT molecular complexity index is 651. The molecule has 136 valence electrons. The van der Waals surface area contributed by atoms with Gasteiger partial charge in [0.1, 0.15) is 14.1 Å². The lowest BCUT2D eigenvalue weighted by molar-refractivity contribution is -0.141. The highest BCUT2D eigenvalue weighted by Gasteiger charge is 2.33. The quantitative estimate of drug-likeness (QED) is 0.602. The van der Waals surface area contributed by atoms with E-state index < -0.39 is 20.1 Å². The summed E-state index contributed by atoms with van der Waals surface area (Å²) in [6, 6.07) is 8.71. The molecular formula is C20H29NO3Si. The van der Waals surface area contributed by atoms with E-state index in [4.69, 9.17) is 0 Å². The fourth-order valence-electron chi connectivity index (χ4n) is 1.93. The van der Waals surface area contributed by atoms with E-state index >= 15 is 0 Å². The van der Waals surface area contributed by atoms with Crippen molar-refractivity contribution >= 4 is 20.0 Å². The van der Waals surface area contributed by atoms with Gasteiger partial charge in [-0.15, -0.1) is 11.5 Å². The van der Waals surface area contributed by atoms with Crippen molar-refractivity contribution in [1.29, 1.82) is 0 Å². The average molecular weight is 360 g/mol. The molecule has 0 aliphatic heterocycles. The second kappa shape index (κ2) is 8.86. The average Bonchev–Trinajstić information content (AvgIpc) is 2.51. The molecule has 1 amide bonds. The molecule has 25 heavy (non-hydrogen) atoms. The van der Waals surface area contributed by atoms with Gasteiger partial charge >= 0.3 is 5.97 Å². The summed E-state index contributed by atoms with van der Waals surface area (Å²) in [7, 11) is -1.77. The number of aryl methyl sites for hydroxylation is 1. The van der Waals surface area contributed by atoms with Crippen molar-refractivity contribution in [3.63, 3.8) is 0 Å². The molecule has 1 aromatic rings. The maximum Gasteiger partial charge on any atom is 0.327 e. The van der Waals surface area contributed by atoms with Crippen LogP contribution in [0.3, 0.4) is 0 Å². The third-order valence-electron chi connectivity index (χ3n) is 4.70. The number of benzene rings is 1. The van der Waals surface area contributed by atoms with E-state index in [1.54, 1.807) is 0 Å². The zero-order valence-corrected chi connectivity index (χ0v) is 16.8. The van der Waals surface area contributed by atoms with Crippen LogP contribution in [-0.4, -0.2) is 31.1 Å². The molecule has 0 fully saturated rings. The number of nitrogens with one attached hydrogen (secondary N) is 1. The number of carbonyl (C=O) groups is 2. The van der Waals surface area contributed by atoms with Gasteiger partial charge < -0.3 is 10.4 Å². The molecule has 0 heterocycles. The molecule has 0 aromatic heterocycles. The minimum absolute atomic E-state index is 0.123. The summed E-state index contributed by atoms with van der Waals surface area (Å²) in [4.78, 5) is 23.4. The van der Waals surface area contributed by atoms with E-state index in [1.807, 2.05) is 30.3 Å². The van der Waals surface area contributed by atoms with Gasteiger partial charge in [0.15, 0.2) is 0 Å². The molecule has 0 radical (unpaired) electrons. The second-order valence-corrected chi connectivity index (χ2v) is 12.8. The van der Waals surface area contributed by atoms with Gasteiger partial charge in [-0.05, 0) is 17.0 Å². The Morgan fingerprint density at radius 3 is 2.32 bits per heavy atom. The monoisotopic (exact) mass is 359 g/mol. The van der Waals surface area contributed by atoms with Crippen molar-refractivity contribution in [2.75, 3.05) is 0 Å². The van der Waals surface area contributed by atoms with Crippen LogP contribution in [0.5, 0.6) is 0 Å². The lowest BCUT2D eigenvalue weighted by atomic mass is 10.1. The van der Waals surface area contributed by atoms with Crippen LogP contribution in [0, 0.1) is 11.5 Å². The predicted octanol–water partition coefficient (Wildman–Crippen LogP) is 3.63. The molecule has 2 N–H and O–H groups in total. The molecule has 0 saturated heterocycles. The first-order valence-electron chi connectivity index (χ1n) is 8.59. The van der Waals surface area contributed by atoms with Crippen molar-refractivity contribution < 1.29 is 14.7 Å². The smallest absolute Gasteiger partial charge is 0.327 e. The minimum Gasteiger partial charge on any atom is -0.480 e. The van der Waals surface area contributed by atoms with E-state index in [0.29, 0.717) is 6.42 Å². The van der Waals surface area contributed by atoms with Gasteiger partial charge in [-0.25, -0.2) is 4.79 Å². The molecule has 5 heteroatoms. The number of carboxylic acids is 1. The molecule has 1 aromatic carbocycles. The van der Waals surface area contributed by atoms with Crippen molar-refractivity contribution in [3.8, 4) is 11.5 Å². The molecule has 4 nitrogen and oxygen atoms in total. The van der Waals surface area contributed by atoms with Gasteiger partial charge in [0.2, 0.25) is 5.91 Å². The number of amides is 1. The summed E-state index contributed by atoms with van der Waals surface area (Å²) in [5, 5.41) is 12.0. The van der Waals surface area contributed by atoms with Crippen molar-refractivity contribution in [1.82, 2.24) is 5.32 Å². The summed E-state index contributed by atoms with van der Waals surface area (Å²) in [6.45, 7) is 10.8. The predicted molar refractivity (Wildman–Crippen MR) is 104 cm³/mol. The summed E-state index contributed by atoms with van der Waals surface area (Å²) in [5.41, 5.74) is 4.35. The Labute approximate surface area is 152 Å². The lowest BCUT2D eigenvalue weighted by Gasteiger charge is -2.31. The standard InChI is InChI=1S/C20H29NO3Si/c1-20(2,3)25(4,5)15-9-12-17(19(23)24)21-18(22)14-13-16-10-7-6-8-11-16/h6-8,10-11,17H,12-14H2,1-5H3,(H,21,22)(H,23,24)/t17-/m1/s1. The number of aliphatic carboxylic acids is 1. The van der Waals surface area contributed by atoms with E-state index in [1.165, 1.54) is 0 Å². The Hall–Kier alpha value is -2.06. The number of hydrogen-bond donors (Lipinski definition) is 2. The van der Waals surface area contributed by atoms with Crippen molar-refractivity contribution in [3.05, 3.63) is 35.9 Å². The van der Waals surface area contributed by atoms with Crippen LogP contribution in [-0.2, 0) is 16.0 Å². The SMILES string of the molecule is CC(C)(C)[Si](C)(C)C#CC[C@@H](NC(=O)CCc1ccccc1)C(=O)O. The third kappa shape index (κ3) is 7.14. The van der Waals surface area contributed by atoms with Gasteiger partial charge in [0, 0.05) is 12.8 Å². The number of carbonyl (C=O) groups excluding carboxylic acids is 1. The first-order chi connectivity index (χ1) is 11.5. The van der Waals surface area contributed by atoms with E-state index in [9.17, 15) is 14.7 Å². The first-order valence-corrected chi connectivity index (χ1v) is 11.6. The zero-order chi connectivity index (χ0) is 19.1. The van der Waals surface area contributed by atoms with E-state index in [2.05, 4.69) is 50.6 Å². The molecule has 1 atom stereocenters. The molecule has 0 aliphatic rings. The highest BCUT2D eigenvalue weighted by atomic mass is 28.3. The van der Waals surface area contributed by atoms with E-state index in [-0.39, 0.29) is 23.8 Å². The van der Waals surface area contributed by atoms with Crippen LogP contribution >= 0.6 is 0 Å². The Balaban J connectivity index is 2.60. The number of hydrogen-bond acceptors (Lipinski definition) is 2. The lowest BCUT2D eigenvalue weighted by Crippen LogP contribution is -2.41. The first kappa shape index (κ1) is 21.0. The fourth-order valence-corrected chi connectivity index (χ4v) is 2.85. The largest absolute Gasteiger partial charge is 0.480 e. The van der Waals surface area contributed by atoms with Crippen LogP contribution in [0.15, 0.2) is 30.3 Å². The molecule has 1 rings (SSSR count). The molecule has 0 saturated carbocycles. The normalized spacial score (nSPS) is 12.7. The minimum atomic E-state index is -1.77. The van der Waals surface area contributed by atoms with Gasteiger partial charge in [-0.3, -0.25) is 4.79 Å². The summed E-state index contributed by atoms with van der Waals surface area (Å²) < 4.78 is 0. The van der Waals surface area contributed by atoms with Gasteiger partial charge in [0.05, 0.1) is 0 Å². The summed E-state index contributed by atoms with van der Waals surface area (Å²) in [6.07, 6.45) is 0.997. The van der Waals surface area contributed by atoms with Gasteiger partial charge in [-0.1, -0.05) is 64.2 Å². The van der Waals surface area contributed by atoms with E-state index in [0.717, 1.165) is 5.56 Å². The second-order valence-electron chi connectivity index (χ2n) is 7.82. The number of rotatable bonds is 6. The van der Waals surface area contributed by atoms with Crippen molar-refractivity contribution in [2.45, 2.75) is 64.2 Å². The summed E-state index contributed by atoms with van der Waals surface area (Å²) >= 11 is 0.